The lowest BCUT2D eigenvalue weighted by Crippen LogP contribution is -2.14. The molecule has 14 heavy (non-hydrogen) atoms. The number of pyridine rings is 1. The highest BCUT2D eigenvalue weighted by Gasteiger charge is 2.02. The second-order valence-corrected chi connectivity index (χ2v) is 5.39. The second-order valence-electron chi connectivity index (χ2n) is 3.45. The summed E-state index contributed by atoms with van der Waals surface area (Å²) >= 11 is 5.30. The lowest BCUT2D eigenvalue weighted by atomic mass is 10.3. The average Bonchev–Trinajstić information content (AvgIpc) is 2.08. The van der Waals surface area contributed by atoms with E-state index in [4.69, 9.17) is 0 Å². The van der Waals surface area contributed by atoms with E-state index in [2.05, 4.69) is 46.0 Å². The van der Waals surface area contributed by atoms with E-state index in [0.717, 1.165) is 21.8 Å². The van der Waals surface area contributed by atoms with Crippen LogP contribution in [0.15, 0.2) is 21.8 Å². The predicted octanol–water partition coefficient (Wildman–Crippen LogP) is 2.81. The first-order valence-electron chi connectivity index (χ1n) is 4.49. The summed E-state index contributed by atoms with van der Waals surface area (Å²) in [5, 5.41) is 1.08. The van der Waals surface area contributed by atoms with Gasteiger partial charge in [-0.15, -0.1) is 11.8 Å². The molecule has 1 rings (SSSR count). The van der Waals surface area contributed by atoms with Gasteiger partial charge in [-0.25, -0.2) is 4.98 Å². The Bertz CT molecular complexity index is 302. The molecule has 0 saturated carbocycles. The number of aryl methyl sites for hydroxylation is 1. The molecule has 0 unspecified atom stereocenters. The van der Waals surface area contributed by atoms with Gasteiger partial charge >= 0.3 is 0 Å². The van der Waals surface area contributed by atoms with Crippen LogP contribution < -0.4 is 0 Å². The Morgan fingerprint density at radius 3 is 2.79 bits per heavy atom. The van der Waals surface area contributed by atoms with Gasteiger partial charge in [0.15, 0.2) is 0 Å². The first-order chi connectivity index (χ1) is 6.59. The highest BCUT2D eigenvalue weighted by molar-refractivity contribution is 9.10. The zero-order valence-corrected chi connectivity index (χ0v) is 11.2. The van der Waals surface area contributed by atoms with Gasteiger partial charge < -0.3 is 4.90 Å². The molecule has 0 aliphatic rings. The molecule has 1 heterocycles. The van der Waals surface area contributed by atoms with Crippen LogP contribution in [0.1, 0.15) is 5.56 Å². The fourth-order valence-electron chi connectivity index (χ4n) is 0.952. The van der Waals surface area contributed by atoms with Crippen LogP contribution in [-0.2, 0) is 0 Å². The maximum atomic E-state index is 4.37. The normalized spacial score (nSPS) is 10.9. The molecule has 0 N–H and O–H groups in total. The van der Waals surface area contributed by atoms with E-state index in [1.54, 1.807) is 11.8 Å². The second kappa shape index (κ2) is 5.73. The third-order valence-electron chi connectivity index (χ3n) is 1.72. The molecular formula is C10H15BrN2S. The van der Waals surface area contributed by atoms with Crippen molar-refractivity contribution in [2.24, 2.45) is 0 Å². The number of rotatable bonds is 4. The monoisotopic (exact) mass is 274 g/mol. The third kappa shape index (κ3) is 3.98. The maximum absolute atomic E-state index is 4.37. The smallest absolute Gasteiger partial charge is 0.110 e. The number of hydrogen-bond acceptors (Lipinski definition) is 3. The molecule has 0 spiro atoms. The van der Waals surface area contributed by atoms with Crippen LogP contribution in [0.5, 0.6) is 0 Å². The van der Waals surface area contributed by atoms with Crippen LogP contribution in [0, 0.1) is 6.92 Å². The maximum Gasteiger partial charge on any atom is 0.110 e. The highest BCUT2D eigenvalue weighted by atomic mass is 79.9. The van der Waals surface area contributed by atoms with Gasteiger partial charge in [-0.05, 0) is 48.6 Å². The van der Waals surface area contributed by atoms with Crippen molar-refractivity contribution < 1.29 is 0 Å². The van der Waals surface area contributed by atoms with Crippen LogP contribution in [0.4, 0.5) is 0 Å². The quantitative estimate of drug-likeness (QED) is 0.786. The van der Waals surface area contributed by atoms with Crippen molar-refractivity contribution in [3.8, 4) is 0 Å². The largest absolute Gasteiger partial charge is 0.309 e. The Morgan fingerprint density at radius 1 is 1.50 bits per heavy atom. The lowest BCUT2D eigenvalue weighted by molar-refractivity contribution is 0.437. The molecule has 0 amide bonds. The Labute approximate surface area is 98.2 Å². The fraction of sp³-hybridized carbons (Fsp3) is 0.500. The van der Waals surface area contributed by atoms with Crippen molar-refractivity contribution in [1.82, 2.24) is 9.88 Å². The van der Waals surface area contributed by atoms with Gasteiger partial charge in [0, 0.05) is 18.5 Å². The molecule has 2 nitrogen and oxygen atoms in total. The Morgan fingerprint density at radius 2 is 2.21 bits per heavy atom. The molecule has 0 aliphatic heterocycles. The molecule has 0 radical (unpaired) electrons. The average molecular weight is 275 g/mol. The number of hydrogen-bond donors (Lipinski definition) is 0. The van der Waals surface area contributed by atoms with Gasteiger partial charge in [-0.3, -0.25) is 0 Å². The number of halogens is 1. The third-order valence-corrected chi connectivity index (χ3v) is 3.57. The fourth-order valence-corrected chi connectivity index (χ4v) is 2.73. The first-order valence-corrected chi connectivity index (χ1v) is 6.27. The molecule has 1 aromatic heterocycles. The van der Waals surface area contributed by atoms with Crippen molar-refractivity contribution in [3.63, 3.8) is 0 Å². The summed E-state index contributed by atoms with van der Waals surface area (Å²) in [6.45, 7) is 3.12. The molecule has 0 aliphatic carbocycles. The van der Waals surface area contributed by atoms with Crippen LogP contribution in [0.2, 0.25) is 0 Å². The molecule has 1 aromatic rings. The SMILES string of the molecule is Cc1cnc(SCCN(C)C)c(Br)c1. The van der Waals surface area contributed by atoms with E-state index in [-0.39, 0.29) is 0 Å². The summed E-state index contributed by atoms with van der Waals surface area (Å²) in [4.78, 5) is 6.55. The summed E-state index contributed by atoms with van der Waals surface area (Å²) in [5.74, 6) is 1.07. The van der Waals surface area contributed by atoms with Crippen LogP contribution >= 0.6 is 27.7 Å². The zero-order valence-electron chi connectivity index (χ0n) is 8.75. The summed E-state index contributed by atoms with van der Waals surface area (Å²) in [6.07, 6.45) is 1.91. The number of nitrogens with zero attached hydrogens (tertiary/aromatic N) is 2. The van der Waals surface area contributed by atoms with Crippen LogP contribution in [0.25, 0.3) is 0 Å². The Kier molecular flexibility index (Phi) is 4.92. The molecule has 0 fully saturated rings. The summed E-state index contributed by atoms with van der Waals surface area (Å²) in [7, 11) is 4.16. The van der Waals surface area contributed by atoms with Crippen molar-refractivity contribution in [1.29, 1.82) is 0 Å². The van der Waals surface area contributed by atoms with Gasteiger partial charge in [0.25, 0.3) is 0 Å². The number of aromatic nitrogens is 1. The van der Waals surface area contributed by atoms with Gasteiger partial charge in [0.05, 0.1) is 4.47 Å². The minimum atomic E-state index is 1.07. The van der Waals surface area contributed by atoms with E-state index < -0.39 is 0 Å². The van der Waals surface area contributed by atoms with E-state index in [1.165, 1.54) is 5.56 Å². The minimum absolute atomic E-state index is 1.07. The lowest BCUT2D eigenvalue weighted by Gasteiger charge is -2.09. The summed E-state index contributed by atoms with van der Waals surface area (Å²) < 4.78 is 1.10. The number of thioether (sulfide) groups is 1. The summed E-state index contributed by atoms with van der Waals surface area (Å²) in [5.41, 5.74) is 1.19. The van der Waals surface area contributed by atoms with Crippen molar-refractivity contribution in [2.75, 3.05) is 26.4 Å². The molecule has 0 atom stereocenters. The van der Waals surface area contributed by atoms with E-state index in [1.807, 2.05) is 13.1 Å². The standard InChI is InChI=1S/C10H15BrN2S/c1-8-6-9(11)10(12-7-8)14-5-4-13(2)3/h6-7H,4-5H2,1-3H3. The van der Waals surface area contributed by atoms with Gasteiger partial charge in [0.2, 0.25) is 0 Å². The topological polar surface area (TPSA) is 16.1 Å². The van der Waals surface area contributed by atoms with Gasteiger partial charge in [0.1, 0.15) is 5.03 Å². The van der Waals surface area contributed by atoms with Crippen LogP contribution in [-0.4, -0.2) is 36.3 Å². The predicted molar refractivity (Wildman–Crippen MR) is 66.0 cm³/mol. The highest BCUT2D eigenvalue weighted by Crippen LogP contribution is 2.25. The Balaban J connectivity index is 2.51. The van der Waals surface area contributed by atoms with Crippen LogP contribution in [0.3, 0.4) is 0 Å². The molecule has 0 aromatic carbocycles. The molecular weight excluding hydrogens is 260 g/mol. The summed E-state index contributed by atoms with van der Waals surface area (Å²) in [6, 6.07) is 2.10. The van der Waals surface area contributed by atoms with Crippen molar-refractivity contribution >= 4 is 27.7 Å². The first kappa shape index (κ1) is 12.0. The molecule has 0 saturated heterocycles. The zero-order chi connectivity index (χ0) is 10.6. The van der Waals surface area contributed by atoms with E-state index in [0.29, 0.717) is 0 Å². The van der Waals surface area contributed by atoms with Crippen molar-refractivity contribution in [3.05, 3.63) is 22.3 Å². The van der Waals surface area contributed by atoms with Gasteiger partial charge in [-0.1, -0.05) is 0 Å². The minimum Gasteiger partial charge on any atom is -0.309 e. The van der Waals surface area contributed by atoms with Crippen molar-refractivity contribution in [2.45, 2.75) is 11.9 Å². The Hall–Kier alpha value is -0.0600. The molecule has 4 heteroatoms. The molecule has 0 bridgehead atoms. The van der Waals surface area contributed by atoms with Gasteiger partial charge in [-0.2, -0.15) is 0 Å². The van der Waals surface area contributed by atoms with E-state index in [9.17, 15) is 0 Å². The van der Waals surface area contributed by atoms with E-state index >= 15 is 0 Å². The molecule has 78 valence electrons.